The fourth-order valence-electron chi connectivity index (χ4n) is 5.56. The Morgan fingerprint density at radius 3 is 2.59 bits per heavy atom. The van der Waals surface area contributed by atoms with E-state index in [-0.39, 0.29) is 24.0 Å². The molecule has 34 heavy (non-hydrogen) atoms. The maximum absolute atomic E-state index is 13.8. The van der Waals surface area contributed by atoms with Gasteiger partial charge in [-0.25, -0.2) is 0 Å². The van der Waals surface area contributed by atoms with Crippen molar-refractivity contribution >= 4 is 11.8 Å². The maximum Gasteiger partial charge on any atom is 0.273 e. The van der Waals surface area contributed by atoms with E-state index >= 15 is 0 Å². The first kappa shape index (κ1) is 23.1. The summed E-state index contributed by atoms with van der Waals surface area (Å²) in [6.45, 7) is 5.50. The molecule has 5 rings (SSSR count). The second kappa shape index (κ2) is 9.53. The van der Waals surface area contributed by atoms with Gasteiger partial charge in [-0.3, -0.25) is 14.3 Å². The molecule has 1 saturated carbocycles. The topological polar surface area (TPSA) is 76.5 Å². The molecule has 7 nitrogen and oxygen atoms in total. The zero-order chi connectivity index (χ0) is 23.7. The summed E-state index contributed by atoms with van der Waals surface area (Å²) in [4.78, 5) is 29.2. The second-order valence-corrected chi connectivity index (χ2v) is 10.3. The van der Waals surface area contributed by atoms with Crippen LogP contribution < -0.4 is 5.32 Å². The Balaban J connectivity index is 1.46. The van der Waals surface area contributed by atoms with Crippen LogP contribution in [0.4, 0.5) is 0 Å². The molecule has 0 unspecified atom stereocenters. The van der Waals surface area contributed by atoms with E-state index in [0.29, 0.717) is 25.4 Å². The second-order valence-electron chi connectivity index (χ2n) is 10.3. The Morgan fingerprint density at radius 1 is 1.15 bits per heavy atom. The standard InChI is InChI=1S/C27H36N4O3/c1-3-19-11-13-20(14-12-19)23-16-24-25(32)30(17-22-10-7-15-34-22)27(2,18-31(24)29-23)26(33)28-21-8-5-4-6-9-21/h11-14,16,21-22H,3-10,15,17-18H2,1-2H3,(H,28,33)/t22-,27-/m1/s1. The highest BCUT2D eigenvalue weighted by atomic mass is 16.5. The molecule has 0 bridgehead atoms. The van der Waals surface area contributed by atoms with Crippen LogP contribution in [0.15, 0.2) is 30.3 Å². The van der Waals surface area contributed by atoms with Gasteiger partial charge in [0.25, 0.3) is 5.91 Å². The molecule has 3 aliphatic rings. The number of rotatable bonds is 6. The van der Waals surface area contributed by atoms with E-state index in [1.165, 1.54) is 12.0 Å². The van der Waals surface area contributed by atoms with Gasteiger partial charge in [0.2, 0.25) is 5.91 Å². The summed E-state index contributed by atoms with van der Waals surface area (Å²) in [5.41, 5.74) is 2.53. The molecule has 2 fully saturated rings. The van der Waals surface area contributed by atoms with Crippen LogP contribution in [0.2, 0.25) is 0 Å². The number of hydrogen-bond donors (Lipinski definition) is 1. The quantitative estimate of drug-likeness (QED) is 0.702. The monoisotopic (exact) mass is 464 g/mol. The molecular formula is C27H36N4O3. The van der Waals surface area contributed by atoms with Gasteiger partial charge in [0.15, 0.2) is 0 Å². The minimum Gasteiger partial charge on any atom is -0.376 e. The third kappa shape index (κ3) is 4.38. The summed E-state index contributed by atoms with van der Waals surface area (Å²) >= 11 is 0. The van der Waals surface area contributed by atoms with Crippen LogP contribution in [0.1, 0.15) is 74.8 Å². The van der Waals surface area contributed by atoms with Gasteiger partial charge < -0.3 is 15.0 Å². The molecule has 0 radical (unpaired) electrons. The smallest absolute Gasteiger partial charge is 0.273 e. The van der Waals surface area contributed by atoms with E-state index < -0.39 is 5.54 Å². The Kier molecular flexibility index (Phi) is 6.47. The third-order valence-electron chi connectivity index (χ3n) is 7.80. The number of aromatic nitrogens is 2. The van der Waals surface area contributed by atoms with Crippen LogP contribution in [0.5, 0.6) is 0 Å². The lowest BCUT2D eigenvalue weighted by atomic mass is 9.91. The van der Waals surface area contributed by atoms with Crippen molar-refractivity contribution < 1.29 is 14.3 Å². The van der Waals surface area contributed by atoms with Gasteiger partial charge in [0.1, 0.15) is 11.2 Å². The zero-order valence-electron chi connectivity index (χ0n) is 20.4. The highest BCUT2D eigenvalue weighted by molar-refractivity contribution is 6.00. The van der Waals surface area contributed by atoms with E-state index in [4.69, 9.17) is 9.84 Å². The summed E-state index contributed by atoms with van der Waals surface area (Å²) in [5, 5.41) is 8.05. The average molecular weight is 465 g/mol. The largest absolute Gasteiger partial charge is 0.376 e. The van der Waals surface area contributed by atoms with Crippen LogP contribution in [0, 0.1) is 0 Å². The van der Waals surface area contributed by atoms with Gasteiger partial charge in [-0.05, 0) is 50.7 Å². The van der Waals surface area contributed by atoms with Gasteiger partial charge in [-0.1, -0.05) is 50.5 Å². The number of carbonyl (C=O) groups is 2. The number of ether oxygens (including phenoxy) is 1. The molecule has 1 N–H and O–H groups in total. The lowest BCUT2D eigenvalue weighted by molar-refractivity contribution is -0.134. The van der Waals surface area contributed by atoms with Gasteiger partial charge in [0, 0.05) is 24.8 Å². The molecule has 2 amide bonds. The van der Waals surface area contributed by atoms with E-state index in [1.54, 1.807) is 9.58 Å². The van der Waals surface area contributed by atoms with Crippen molar-refractivity contribution in [2.45, 2.75) is 89.4 Å². The van der Waals surface area contributed by atoms with Crippen LogP contribution in [-0.2, 0) is 22.5 Å². The van der Waals surface area contributed by atoms with Crippen molar-refractivity contribution in [1.82, 2.24) is 20.0 Å². The van der Waals surface area contributed by atoms with Crippen molar-refractivity contribution in [2.75, 3.05) is 13.2 Å². The molecule has 7 heteroatoms. The van der Waals surface area contributed by atoms with Crippen LogP contribution in [-0.4, -0.2) is 57.3 Å². The van der Waals surface area contributed by atoms with Crippen molar-refractivity contribution in [3.05, 3.63) is 41.6 Å². The Bertz CT molecular complexity index is 1030. The Hall–Kier alpha value is -2.67. The number of aryl methyl sites for hydroxylation is 1. The Morgan fingerprint density at radius 2 is 1.91 bits per heavy atom. The number of nitrogens with one attached hydrogen (secondary N) is 1. The van der Waals surface area contributed by atoms with E-state index in [0.717, 1.165) is 56.2 Å². The van der Waals surface area contributed by atoms with Crippen molar-refractivity contribution in [3.8, 4) is 11.3 Å². The third-order valence-corrected chi connectivity index (χ3v) is 7.80. The van der Waals surface area contributed by atoms with Crippen LogP contribution >= 0.6 is 0 Å². The minimum absolute atomic E-state index is 0.0266. The average Bonchev–Trinajstić information content (AvgIpc) is 3.52. The molecule has 3 heterocycles. The predicted octanol–water partition coefficient (Wildman–Crippen LogP) is 3.95. The number of carbonyl (C=O) groups excluding carboxylic acids is 2. The fraction of sp³-hybridized carbons (Fsp3) is 0.593. The van der Waals surface area contributed by atoms with E-state index in [1.807, 2.05) is 13.0 Å². The van der Waals surface area contributed by atoms with E-state index in [2.05, 4.69) is 36.5 Å². The van der Waals surface area contributed by atoms with E-state index in [9.17, 15) is 9.59 Å². The first-order valence-corrected chi connectivity index (χ1v) is 12.9. The van der Waals surface area contributed by atoms with Crippen LogP contribution in [0.25, 0.3) is 11.3 Å². The molecule has 1 aromatic heterocycles. The lowest BCUT2D eigenvalue weighted by Crippen LogP contribution is -2.66. The fourth-order valence-corrected chi connectivity index (χ4v) is 5.56. The summed E-state index contributed by atoms with van der Waals surface area (Å²) in [6.07, 6.45) is 8.39. The minimum atomic E-state index is -1.01. The van der Waals surface area contributed by atoms with Crippen molar-refractivity contribution in [2.24, 2.45) is 0 Å². The number of amides is 2. The summed E-state index contributed by atoms with van der Waals surface area (Å²) < 4.78 is 7.60. The molecular weight excluding hydrogens is 428 g/mol. The SMILES string of the molecule is CCc1ccc(-c2cc3n(n2)C[C@](C)(C(=O)NC2CCCCC2)N(C[C@H]2CCCO2)C3=O)cc1. The highest BCUT2D eigenvalue weighted by Crippen LogP contribution is 2.32. The van der Waals surface area contributed by atoms with Crippen molar-refractivity contribution in [3.63, 3.8) is 0 Å². The lowest BCUT2D eigenvalue weighted by Gasteiger charge is -2.44. The van der Waals surface area contributed by atoms with Gasteiger partial charge >= 0.3 is 0 Å². The van der Waals surface area contributed by atoms with Gasteiger partial charge in [-0.15, -0.1) is 0 Å². The number of hydrogen-bond acceptors (Lipinski definition) is 4. The highest BCUT2D eigenvalue weighted by Gasteiger charge is 2.49. The summed E-state index contributed by atoms with van der Waals surface area (Å²) in [7, 11) is 0. The maximum atomic E-state index is 13.8. The Labute approximate surface area is 201 Å². The molecule has 182 valence electrons. The molecule has 2 aliphatic heterocycles. The zero-order valence-corrected chi connectivity index (χ0v) is 20.4. The van der Waals surface area contributed by atoms with Gasteiger partial charge in [0.05, 0.1) is 18.3 Å². The summed E-state index contributed by atoms with van der Waals surface area (Å²) in [5.74, 6) is -0.229. The number of nitrogens with zero attached hydrogens (tertiary/aromatic N) is 3. The number of fused-ring (bicyclic) bond motifs is 1. The molecule has 0 spiro atoms. The predicted molar refractivity (Wildman–Crippen MR) is 130 cm³/mol. The molecule has 2 atom stereocenters. The first-order chi connectivity index (χ1) is 16.5. The summed E-state index contributed by atoms with van der Waals surface area (Å²) in [6, 6.07) is 10.4. The molecule has 1 aliphatic carbocycles. The van der Waals surface area contributed by atoms with Gasteiger partial charge in [-0.2, -0.15) is 5.10 Å². The molecule has 1 saturated heterocycles. The van der Waals surface area contributed by atoms with Crippen molar-refractivity contribution in [1.29, 1.82) is 0 Å². The first-order valence-electron chi connectivity index (χ1n) is 12.9. The normalized spacial score (nSPS) is 25.4. The molecule has 2 aromatic rings. The molecule has 1 aromatic carbocycles. The van der Waals surface area contributed by atoms with Crippen LogP contribution in [0.3, 0.4) is 0 Å². The number of benzene rings is 1.